The van der Waals surface area contributed by atoms with Crippen molar-refractivity contribution < 1.29 is 14.7 Å². The van der Waals surface area contributed by atoms with Gasteiger partial charge in [-0.25, -0.2) is 9.59 Å². The summed E-state index contributed by atoms with van der Waals surface area (Å²) in [6, 6.07) is 6.68. The summed E-state index contributed by atoms with van der Waals surface area (Å²) in [4.78, 5) is 52.5. The van der Waals surface area contributed by atoms with Crippen molar-refractivity contribution in [2.45, 2.75) is 18.8 Å². The summed E-state index contributed by atoms with van der Waals surface area (Å²) < 4.78 is 0. The van der Waals surface area contributed by atoms with E-state index in [2.05, 4.69) is 4.98 Å². The predicted molar refractivity (Wildman–Crippen MR) is 89.0 cm³/mol. The number of rotatable bonds is 3. The highest BCUT2D eigenvalue weighted by molar-refractivity contribution is 5.93. The van der Waals surface area contributed by atoms with E-state index in [4.69, 9.17) is 5.11 Å². The Morgan fingerprint density at radius 3 is 2.76 bits per heavy atom. The molecule has 0 radical (unpaired) electrons. The number of benzene rings is 1. The number of nitrogens with zero attached hydrogens (tertiary/aromatic N) is 1. The number of likely N-dealkylation sites (tertiary alicyclic amines) is 1. The van der Waals surface area contributed by atoms with Crippen LogP contribution in [-0.4, -0.2) is 44.9 Å². The Hall–Kier alpha value is -3.16. The molecule has 1 amide bonds. The number of piperidine rings is 1. The van der Waals surface area contributed by atoms with Crippen LogP contribution < -0.4 is 11.2 Å². The molecule has 1 fully saturated rings. The molecule has 25 heavy (non-hydrogen) atoms. The monoisotopic (exact) mass is 343 g/mol. The van der Waals surface area contributed by atoms with Crippen LogP contribution in [0.5, 0.6) is 0 Å². The molecule has 1 saturated heterocycles. The maximum atomic E-state index is 12.6. The van der Waals surface area contributed by atoms with E-state index in [0.29, 0.717) is 13.1 Å². The molecule has 3 rings (SSSR count). The summed E-state index contributed by atoms with van der Waals surface area (Å²) in [5.41, 5.74) is -0.433. The number of carboxylic acid groups (broad SMARTS) is 1. The molecule has 3 N–H and O–H groups in total. The van der Waals surface area contributed by atoms with Crippen LogP contribution in [0.25, 0.3) is 0 Å². The zero-order valence-corrected chi connectivity index (χ0v) is 13.3. The molecule has 0 bridgehead atoms. The fourth-order valence-electron chi connectivity index (χ4n) is 3.10. The van der Waals surface area contributed by atoms with E-state index in [-0.39, 0.29) is 17.0 Å². The number of H-pyrrole nitrogens is 2. The second-order valence-electron chi connectivity index (χ2n) is 6.01. The maximum absolute atomic E-state index is 12.6. The molecule has 8 nitrogen and oxygen atoms in total. The summed E-state index contributed by atoms with van der Waals surface area (Å²) in [7, 11) is 0. The van der Waals surface area contributed by atoms with E-state index >= 15 is 0 Å². The van der Waals surface area contributed by atoms with Gasteiger partial charge in [-0.15, -0.1) is 0 Å². The first-order valence-corrected chi connectivity index (χ1v) is 7.90. The van der Waals surface area contributed by atoms with Gasteiger partial charge in [0, 0.05) is 25.2 Å². The number of aromatic carboxylic acids is 1. The van der Waals surface area contributed by atoms with Gasteiger partial charge in [0.25, 0.3) is 11.5 Å². The van der Waals surface area contributed by atoms with Gasteiger partial charge in [-0.3, -0.25) is 14.6 Å². The van der Waals surface area contributed by atoms with Crippen LogP contribution in [0, 0.1) is 0 Å². The van der Waals surface area contributed by atoms with Gasteiger partial charge in [0.05, 0.1) is 5.56 Å². The summed E-state index contributed by atoms with van der Waals surface area (Å²) in [6.07, 6.45) is 2.70. The van der Waals surface area contributed by atoms with Crippen molar-refractivity contribution in [3.8, 4) is 0 Å². The molecular formula is C17H17N3O5. The first-order valence-electron chi connectivity index (χ1n) is 7.90. The van der Waals surface area contributed by atoms with Crippen molar-refractivity contribution in [1.29, 1.82) is 0 Å². The fourth-order valence-corrected chi connectivity index (χ4v) is 3.10. The third-order valence-electron chi connectivity index (χ3n) is 4.36. The number of aromatic amines is 2. The Kier molecular flexibility index (Phi) is 4.51. The van der Waals surface area contributed by atoms with E-state index in [0.717, 1.165) is 24.6 Å². The zero-order valence-electron chi connectivity index (χ0n) is 13.3. The minimum atomic E-state index is -0.995. The Labute approximate surface area is 142 Å². The summed E-state index contributed by atoms with van der Waals surface area (Å²) in [5.74, 6) is -1.44. The Bertz CT molecular complexity index is 930. The van der Waals surface area contributed by atoms with Crippen LogP contribution in [-0.2, 0) is 0 Å². The van der Waals surface area contributed by atoms with Gasteiger partial charge in [-0.05, 0) is 30.5 Å². The summed E-state index contributed by atoms with van der Waals surface area (Å²) >= 11 is 0. The number of carboxylic acids is 1. The number of carbonyl (C=O) groups excluding carboxylic acids is 1. The Morgan fingerprint density at radius 2 is 2.04 bits per heavy atom. The standard InChI is InChI=1S/C17H17N3O5/c21-14-13(8-18-17(25)19-14)15(22)20-6-2-5-12(9-20)10-3-1-4-11(7-10)16(23)24/h1,3-4,7-8,12H,2,5-6,9H2,(H,23,24)(H2,18,19,21,25)/t12-/m0/s1. The fraction of sp³-hybridized carbons (Fsp3) is 0.294. The number of carbonyl (C=O) groups is 2. The highest BCUT2D eigenvalue weighted by Gasteiger charge is 2.27. The molecule has 8 heteroatoms. The first kappa shape index (κ1) is 16.7. The number of nitrogens with one attached hydrogen (secondary N) is 2. The molecule has 2 heterocycles. The van der Waals surface area contributed by atoms with E-state index in [1.807, 2.05) is 11.1 Å². The van der Waals surface area contributed by atoms with Crippen molar-refractivity contribution in [2.24, 2.45) is 0 Å². The van der Waals surface area contributed by atoms with Crippen molar-refractivity contribution in [3.63, 3.8) is 0 Å². The number of amides is 1. The smallest absolute Gasteiger partial charge is 0.335 e. The lowest BCUT2D eigenvalue weighted by molar-refractivity contribution is 0.0687. The average Bonchev–Trinajstić information content (AvgIpc) is 2.61. The van der Waals surface area contributed by atoms with Crippen LogP contribution >= 0.6 is 0 Å². The second kappa shape index (κ2) is 6.76. The molecule has 0 unspecified atom stereocenters. The lowest BCUT2D eigenvalue weighted by Gasteiger charge is -2.33. The van der Waals surface area contributed by atoms with Gasteiger partial charge in [0.2, 0.25) is 0 Å². The second-order valence-corrected chi connectivity index (χ2v) is 6.01. The molecule has 1 atom stereocenters. The lowest BCUT2D eigenvalue weighted by Crippen LogP contribution is -2.42. The molecule has 0 aliphatic carbocycles. The van der Waals surface area contributed by atoms with Crippen LogP contribution in [0.3, 0.4) is 0 Å². The number of aromatic nitrogens is 2. The SMILES string of the molecule is O=C(O)c1cccc([C@H]2CCCN(C(=O)c3c[nH]c(=O)[nH]c3=O)C2)c1. The predicted octanol–water partition coefficient (Wildman–Crippen LogP) is 0.781. The minimum absolute atomic E-state index is 0.00107. The molecule has 1 aromatic carbocycles. The molecule has 0 spiro atoms. The largest absolute Gasteiger partial charge is 0.478 e. The summed E-state index contributed by atoms with van der Waals surface area (Å²) in [5, 5.41) is 9.12. The average molecular weight is 343 g/mol. The topological polar surface area (TPSA) is 123 Å². The molecule has 130 valence electrons. The Balaban J connectivity index is 1.82. The van der Waals surface area contributed by atoms with E-state index in [1.54, 1.807) is 17.0 Å². The third kappa shape index (κ3) is 3.52. The molecule has 2 aromatic rings. The highest BCUT2D eigenvalue weighted by atomic mass is 16.4. The van der Waals surface area contributed by atoms with E-state index in [1.165, 1.54) is 6.07 Å². The normalized spacial score (nSPS) is 17.3. The highest BCUT2D eigenvalue weighted by Crippen LogP contribution is 2.28. The van der Waals surface area contributed by atoms with Crippen LogP contribution in [0.2, 0.25) is 0 Å². The maximum Gasteiger partial charge on any atom is 0.335 e. The molecular weight excluding hydrogens is 326 g/mol. The molecule has 1 aliphatic rings. The van der Waals surface area contributed by atoms with E-state index in [9.17, 15) is 19.2 Å². The van der Waals surface area contributed by atoms with Crippen LogP contribution in [0.1, 0.15) is 45.0 Å². The van der Waals surface area contributed by atoms with Gasteiger partial charge in [0.1, 0.15) is 5.56 Å². The zero-order chi connectivity index (χ0) is 18.0. The van der Waals surface area contributed by atoms with Crippen molar-refractivity contribution in [1.82, 2.24) is 14.9 Å². The van der Waals surface area contributed by atoms with E-state index < -0.39 is 23.1 Å². The first-order chi connectivity index (χ1) is 12.0. The van der Waals surface area contributed by atoms with Gasteiger partial charge in [-0.1, -0.05) is 12.1 Å². The van der Waals surface area contributed by atoms with Crippen molar-refractivity contribution in [2.75, 3.05) is 13.1 Å². The molecule has 0 saturated carbocycles. The van der Waals surface area contributed by atoms with Gasteiger partial charge in [0.15, 0.2) is 0 Å². The van der Waals surface area contributed by atoms with Crippen molar-refractivity contribution in [3.05, 3.63) is 68.0 Å². The number of hydrogen-bond acceptors (Lipinski definition) is 4. The number of hydrogen-bond donors (Lipinski definition) is 3. The summed E-state index contributed by atoms with van der Waals surface area (Å²) in [6.45, 7) is 0.896. The van der Waals surface area contributed by atoms with Crippen LogP contribution in [0.4, 0.5) is 0 Å². The minimum Gasteiger partial charge on any atom is -0.478 e. The van der Waals surface area contributed by atoms with Gasteiger partial charge in [-0.2, -0.15) is 0 Å². The van der Waals surface area contributed by atoms with Crippen LogP contribution in [0.15, 0.2) is 40.1 Å². The third-order valence-corrected chi connectivity index (χ3v) is 4.36. The molecule has 1 aromatic heterocycles. The van der Waals surface area contributed by atoms with Crippen molar-refractivity contribution >= 4 is 11.9 Å². The molecule has 1 aliphatic heterocycles. The lowest BCUT2D eigenvalue weighted by atomic mass is 9.89. The quantitative estimate of drug-likeness (QED) is 0.760. The van der Waals surface area contributed by atoms with Gasteiger partial charge >= 0.3 is 11.7 Å². The Morgan fingerprint density at radius 1 is 1.24 bits per heavy atom. The van der Waals surface area contributed by atoms with Gasteiger partial charge < -0.3 is 15.0 Å².